The van der Waals surface area contributed by atoms with Crippen LogP contribution in [0.4, 0.5) is 5.82 Å². The van der Waals surface area contributed by atoms with Crippen LogP contribution in [0.5, 0.6) is 0 Å². The number of benzene rings is 1. The molecule has 0 aliphatic rings. The zero-order valence-corrected chi connectivity index (χ0v) is 10.0. The molecular weight excluding hydrogens is 245 g/mol. The van der Waals surface area contributed by atoms with E-state index in [1.807, 2.05) is 6.92 Å². The average molecular weight is 254 g/mol. The van der Waals surface area contributed by atoms with Gasteiger partial charge in [-0.3, -0.25) is 0 Å². The van der Waals surface area contributed by atoms with Gasteiger partial charge >= 0.3 is 0 Å². The Morgan fingerprint density at radius 1 is 1.12 bits per heavy atom. The highest BCUT2D eigenvalue weighted by Crippen LogP contribution is 2.28. The second-order valence-corrected chi connectivity index (χ2v) is 4.23. The van der Waals surface area contributed by atoms with Crippen molar-refractivity contribution in [2.24, 2.45) is 0 Å². The third-order valence-electron chi connectivity index (χ3n) is 2.05. The number of nitrogens with two attached hydrogens (primary N) is 1. The Morgan fingerprint density at radius 3 is 2.50 bits per heavy atom. The van der Waals surface area contributed by atoms with Gasteiger partial charge in [0, 0.05) is 22.3 Å². The number of anilines is 1. The first-order valence-corrected chi connectivity index (χ1v) is 5.38. The van der Waals surface area contributed by atoms with E-state index in [4.69, 9.17) is 28.9 Å². The van der Waals surface area contributed by atoms with Gasteiger partial charge in [0.05, 0.1) is 5.02 Å². The number of hydrogen-bond acceptors (Lipinski definition) is 3. The van der Waals surface area contributed by atoms with Gasteiger partial charge in [-0.05, 0) is 25.1 Å². The molecule has 2 N–H and O–H groups in total. The molecule has 3 nitrogen and oxygen atoms in total. The van der Waals surface area contributed by atoms with Crippen molar-refractivity contribution in [2.75, 3.05) is 5.73 Å². The molecule has 0 aliphatic heterocycles. The quantitative estimate of drug-likeness (QED) is 0.849. The SMILES string of the molecule is Cc1cc(N)nc(-c2ccc(Cl)cc2Cl)n1. The lowest BCUT2D eigenvalue weighted by Gasteiger charge is -2.05. The van der Waals surface area contributed by atoms with Crippen LogP contribution in [0, 0.1) is 6.92 Å². The molecule has 0 atom stereocenters. The maximum Gasteiger partial charge on any atom is 0.163 e. The van der Waals surface area contributed by atoms with E-state index < -0.39 is 0 Å². The van der Waals surface area contributed by atoms with Crippen molar-refractivity contribution >= 4 is 29.0 Å². The zero-order valence-electron chi connectivity index (χ0n) is 8.54. The van der Waals surface area contributed by atoms with Crippen molar-refractivity contribution in [3.63, 3.8) is 0 Å². The molecule has 1 aromatic heterocycles. The molecule has 2 aromatic rings. The molecule has 1 heterocycles. The van der Waals surface area contributed by atoms with Crippen LogP contribution < -0.4 is 5.73 Å². The summed E-state index contributed by atoms with van der Waals surface area (Å²) in [6.45, 7) is 1.85. The molecule has 0 unspecified atom stereocenters. The summed E-state index contributed by atoms with van der Waals surface area (Å²) in [7, 11) is 0. The number of hydrogen-bond donors (Lipinski definition) is 1. The van der Waals surface area contributed by atoms with E-state index >= 15 is 0 Å². The van der Waals surface area contributed by atoms with Crippen LogP contribution in [0.15, 0.2) is 24.3 Å². The van der Waals surface area contributed by atoms with Crippen molar-refractivity contribution in [3.8, 4) is 11.4 Å². The largest absolute Gasteiger partial charge is 0.384 e. The second kappa shape index (κ2) is 4.28. The molecular formula is C11H9Cl2N3. The van der Waals surface area contributed by atoms with Gasteiger partial charge in [-0.2, -0.15) is 0 Å². The molecule has 82 valence electrons. The minimum absolute atomic E-state index is 0.425. The van der Waals surface area contributed by atoms with Gasteiger partial charge in [0.25, 0.3) is 0 Å². The molecule has 0 saturated heterocycles. The molecule has 2 rings (SSSR count). The summed E-state index contributed by atoms with van der Waals surface area (Å²) in [6.07, 6.45) is 0. The minimum Gasteiger partial charge on any atom is -0.384 e. The fraction of sp³-hybridized carbons (Fsp3) is 0.0909. The second-order valence-electron chi connectivity index (χ2n) is 3.38. The van der Waals surface area contributed by atoms with Crippen LogP contribution >= 0.6 is 23.2 Å². The lowest BCUT2D eigenvalue weighted by atomic mass is 10.2. The molecule has 1 aromatic carbocycles. The Balaban J connectivity index is 2.58. The Bertz CT molecular complexity index is 520. The summed E-state index contributed by atoms with van der Waals surface area (Å²) < 4.78 is 0. The Hall–Kier alpha value is -1.32. The number of nitrogen functional groups attached to an aromatic ring is 1. The molecule has 0 amide bonds. The van der Waals surface area contributed by atoms with Crippen LogP contribution in [0.2, 0.25) is 10.0 Å². The Kier molecular flexibility index (Phi) is 2.99. The zero-order chi connectivity index (χ0) is 11.7. The highest BCUT2D eigenvalue weighted by atomic mass is 35.5. The van der Waals surface area contributed by atoms with Crippen LogP contribution in [0.3, 0.4) is 0 Å². The minimum atomic E-state index is 0.425. The standard InChI is InChI=1S/C11H9Cl2N3/c1-6-4-10(14)16-11(15-6)8-3-2-7(12)5-9(8)13/h2-5H,1H3,(H2,14,15,16). The van der Waals surface area contributed by atoms with Crippen LogP contribution in [0.1, 0.15) is 5.69 Å². The van der Waals surface area contributed by atoms with E-state index in [-0.39, 0.29) is 0 Å². The van der Waals surface area contributed by atoms with E-state index in [0.29, 0.717) is 21.7 Å². The molecule has 0 spiro atoms. The van der Waals surface area contributed by atoms with Crippen LogP contribution in [-0.2, 0) is 0 Å². The summed E-state index contributed by atoms with van der Waals surface area (Å²) in [5.74, 6) is 0.938. The Labute approximate surface area is 103 Å². The molecule has 16 heavy (non-hydrogen) atoms. The maximum atomic E-state index is 6.06. The number of aryl methyl sites for hydroxylation is 1. The molecule has 0 aliphatic carbocycles. The normalized spacial score (nSPS) is 10.4. The van der Waals surface area contributed by atoms with Gasteiger partial charge in [0.1, 0.15) is 5.82 Å². The van der Waals surface area contributed by atoms with Crippen molar-refractivity contribution in [2.45, 2.75) is 6.92 Å². The lowest BCUT2D eigenvalue weighted by Crippen LogP contribution is -1.97. The maximum absolute atomic E-state index is 6.06. The summed E-state index contributed by atoms with van der Waals surface area (Å²) in [5, 5.41) is 1.09. The lowest BCUT2D eigenvalue weighted by molar-refractivity contribution is 1.12. The predicted octanol–water partition coefficient (Wildman–Crippen LogP) is 3.34. The van der Waals surface area contributed by atoms with Crippen molar-refractivity contribution in [1.82, 2.24) is 9.97 Å². The van der Waals surface area contributed by atoms with E-state index in [0.717, 1.165) is 11.3 Å². The van der Waals surface area contributed by atoms with Crippen molar-refractivity contribution in [1.29, 1.82) is 0 Å². The third-order valence-corrected chi connectivity index (χ3v) is 2.59. The summed E-state index contributed by atoms with van der Waals surface area (Å²) >= 11 is 11.9. The smallest absolute Gasteiger partial charge is 0.163 e. The first kappa shape index (κ1) is 11.2. The summed E-state index contributed by atoms with van der Waals surface area (Å²) in [5.41, 5.74) is 7.18. The topological polar surface area (TPSA) is 51.8 Å². The van der Waals surface area contributed by atoms with Crippen LogP contribution in [-0.4, -0.2) is 9.97 Å². The predicted molar refractivity (Wildman–Crippen MR) is 66.6 cm³/mol. The number of aromatic nitrogens is 2. The first-order chi connectivity index (χ1) is 7.56. The van der Waals surface area contributed by atoms with Crippen LogP contribution in [0.25, 0.3) is 11.4 Å². The highest BCUT2D eigenvalue weighted by molar-refractivity contribution is 6.36. The number of nitrogens with zero attached hydrogens (tertiary/aromatic N) is 2. The fourth-order valence-corrected chi connectivity index (χ4v) is 1.88. The van der Waals surface area contributed by atoms with E-state index in [9.17, 15) is 0 Å². The third kappa shape index (κ3) is 2.26. The van der Waals surface area contributed by atoms with Gasteiger partial charge < -0.3 is 5.73 Å². The van der Waals surface area contributed by atoms with Gasteiger partial charge in [-0.15, -0.1) is 0 Å². The molecule has 0 bridgehead atoms. The Morgan fingerprint density at radius 2 is 1.88 bits per heavy atom. The molecule has 0 fully saturated rings. The molecule has 0 radical (unpaired) electrons. The number of halogens is 2. The highest BCUT2D eigenvalue weighted by Gasteiger charge is 2.08. The van der Waals surface area contributed by atoms with Gasteiger partial charge in [-0.1, -0.05) is 23.2 Å². The first-order valence-electron chi connectivity index (χ1n) is 4.63. The summed E-state index contributed by atoms with van der Waals surface area (Å²) in [4.78, 5) is 8.41. The fourth-order valence-electron chi connectivity index (χ4n) is 1.38. The van der Waals surface area contributed by atoms with E-state index in [1.54, 1.807) is 24.3 Å². The monoisotopic (exact) mass is 253 g/mol. The van der Waals surface area contributed by atoms with Crippen molar-refractivity contribution in [3.05, 3.63) is 40.0 Å². The van der Waals surface area contributed by atoms with Gasteiger partial charge in [0.2, 0.25) is 0 Å². The molecule has 0 saturated carbocycles. The molecule has 5 heteroatoms. The van der Waals surface area contributed by atoms with E-state index in [2.05, 4.69) is 9.97 Å². The van der Waals surface area contributed by atoms with Crippen molar-refractivity contribution < 1.29 is 0 Å². The van der Waals surface area contributed by atoms with Gasteiger partial charge in [-0.25, -0.2) is 9.97 Å². The van der Waals surface area contributed by atoms with Gasteiger partial charge in [0.15, 0.2) is 5.82 Å². The summed E-state index contributed by atoms with van der Waals surface area (Å²) in [6, 6.07) is 6.87. The average Bonchev–Trinajstić information content (AvgIpc) is 2.15. The van der Waals surface area contributed by atoms with E-state index in [1.165, 1.54) is 0 Å². The number of rotatable bonds is 1.